The zero-order chi connectivity index (χ0) is 13.3. The van der Waals surface area contributed by atoms with Crippen LogP contribution in [0.2, 0.25) is 0 Å². The summed E-state index contributed by atoms with van der Waals surface area (Å²) in [5, 5.41) is 0. The van der Waals surface area contributed by atoms with Gasteiger partial charge in [-0.05, 0) is 20.9 Å². The van der Waals surface area contributed by atoms with Crippen molar-refractivity contribution in [1.29, 1.82) is 0 Å². The monoisotopic (exact) mass is 249 g/mol. The van der Waals surface area contributed by atoms with Crippen molar-refractivity contribution in [2.75, 3.05) is 25.9 Å². The Morgan fingerprint density at radius 2 is 1.94 bits per heavy atom. The maximum absolute atomic E-state index is 12.3. The Hall–Kier alpha value is -1.69. The van der Waals surface area contributed by atoms with Crippen molar-refractivity contribution in [3.8, 4) is 0 Å². The summed E-state index contributed by atoms with van der Waals surface area (Å²) >= 11 is 0. The van der Waals surface area contributed by atoms with E-state index in [0.29, 0.717) is 30.9 Å². The Bertz CT molecular complexity index is 438. The quantitative estimate of drug-likeness (QED) is 0.770. The fourth-order valence-electron chi connectivity index (χ4n) is 2.22. The average Bonchev–Trinajstić information content (AvgIpc) is 2.34. The van der Waals surface area contributed by atoms with Crippen LogP contribution in [-0.2, 0) is 0 Å². The molecule has 6 heteroatoms. The molecule has 0 aromatic carbocycles. The highest BCUT2D eigenvalue weighted by atomic mass is 16.2. The van der Waals surface area contributed by atoms with Gasteiger partial charge in [0.15, 0.2) is 0 Å². The standard InChI is InChI=1S/C12H19N5O/c1-8-6-17(7-9(2)16(8)3)12(18)10-4-14-5-11(13)15-10/h4-5,8-9H,6-7H2,1-3H3,(H2,13,15). The molecule has 2 N–H and O–H groups in total. The van der Waals surface area contributed by atoms with E-state index in [-0.39, 0.29) is 11.7 Å². The molecule has 0 bridgehead atoms. The summed E-state index contributed by atoms with van der Waals surface area (Å²) in [6, 6.07) is 0.679. The zero-order valence-electron chi connectivity index (χ0n) is 11.0. The third-order valence-electron chi connectivity index (χ3n) is 3.52. The first kappa shape index (κ1) is 12.8. The lowest BCUT2D eigenvalue weighted by molar-refractivity contribution is 0.0409. The largest absolute Gasteiger partial charge is 0.382 e. The molecular weight excluding hydrogens is 230 g/mol. The summed E-state index contributed by atoms with van der Waals surface area (Å²) in [6.45, 7) is 5.63. The fraction of sp³-hybridized carbons (Fsp3) is 0.583. The molecule has 18 heavy (non-hydrogen) atoms. The second-order valence-electron chi connectivity index (χ2n) is 4.90. The first-order valence-electron chi connectivity index (χ1n) is 6.07. The molecule has 2 unspecified atom stereocenters. The van der Waals surface area contributed by atoms with Crippen LogP contribution in [0.5, 0.6) is 0 Å². The van der Waals surface area contributed by atoms with Crippen LogP contribution in [0.15, 0.2) is 12.4 Å². The van der Waals surface area contributed by atoms with Crippen LogP contribution in [0.25, 0.3) is 0 Å². The highest BCUT2D eigenvalue weighted by Crippen LogP contribution is 2.15. The van der Waals surface area contributed by atoms with Crippen LogP contribution in [0.4, 0.5) is 5.82 Å². The van der Waals surface area contributed by atoms with Gasteiger partial charge in [-0.3, -0.25) is 14.7 Å². The van der Waals surface area contributed by atoms with Crippen LogP contribution in [0.3, 0.4) is 0 Å². The van der Waals surface area contributed by atoms with Gasteiger partial charge in [0.05, 0.1) is 12.4 Å². The number of amides is 1. The summed E-state index contributed by atoms with van der Waals surface area (Å²) in [7, 11) is 2.08. The van der Waals surface area contributed by atoms with E-state index in [1.807, 2.05) is 4.90 Å². The van der Waals surface area contributed by atoms with E-state index in [4.69, 9.17) is 5.73 Å². The fourth-order valence-corrected chi connectivity index (χ4v) is 2.22. The van der Waals surface area contributed by atoms with E-state index >= 15 is 0 Å². The maximum Gasteiger partial charge on any atom is 0.274 e. The molecule has 2 rings (SSSR count). The number of aromatic nitrogens is 2. The third-order valence-corrected chi connectivity index (χ3v) is 3.52. The normalized spacial score (nSPS) is 25.2. The molecule has 1 aliphatic heterocycles. The molecule has 0 saturated carbocycles. The molecule has 0 spiro atoms. The second-order valence-corrected chi connectivity index (χ2v) is 4.90. The van der Waals surface area contributed by atoms with Crippen molar-refractivity contribution in [3.05, 3.63) is 18.1 Å². The highest BCUT2D eigenvalue weighted by Gasteiger charge is 2.30. The van der Waals surface area contributed by atoms with E-state index in [1.54, 1.807) is 0 Å². The number of nitrogens with zero attached hydrogens (tertiary/aromatic N) is 4. The Labute approximate surface area is 107 Å². The number of carbonyl (C=O) groups excluding carboxylic acids is 1. The number of hydrogen-bond acceptors (Lipinski definition) is 5. The number of likely N-dealkylation sites (N-methyl/N-ethyl adjacent to an activating group) is 1. The summed E-state index contributed by atoms with van der Waals surface area (Å²) in [4.78, 5) is 24.3. The van der Waals surface area contributed by atoms with E-state index in [0.717, 1.165) is 0 Å². The Balaban J connectivity index is 2.15. The molecule has 2 atom stereocenters. The van der Waals surface area contributed by atoms with Gasteiger partial charge >= 0.3 is 0 Å². The van der Waals surface area contributed by atoms with Crippen molar-refractivity contribution in [1.82, 2.24) is 19.8 Å². The van der Waals surface area contributed by atoms with Crippen molar-refractivity contribution in [2.24, 2.45) is 0 Å². The number of rotatable bonds is 1. The van der Waals surface area contributed by atoms with Crippen molar-refractivity contribution in [3.63, 3.8) is 0 Å². The van der Waals surface area contributed by atoms with Crippen LogP contribution in [0.1, 0.15) is 24.3 Å². The van der Waals surface area contributed by atoms with E-state index in [2.05, 4.69) is 35.8 Å². The predicted molar refractivity (Wildman–Crippen MR) is 69.0 cm³/mol. The molecule has 0 aliphatic carbocycles. The number of carbonyl (C=O) groups is 1. The van der Waals surface area contributed by atoms with Gasteiger partial charge in [-0.15, -0.1) is 0 Å². The van der Waals surface area contributed by atoms with Gasteiger partial charge in [0.2, 0.25) is 0 Å². The van der Waals surface area contributed by atoms with Crippen molar-refractivity contribution in [2.45, 2.75) is 25.9 Å². The van der Waals surface area contributed by atoms with Crippen LogP contribution in [0, 0.1) is 0 Å². The third kappa shape index (κ3) is 2.43. The van der Waals surface area contributed by atoms with Gasteiger partial charge in [0.1, 0.15) is 11.5 Å². The molecular formula is C12H19N5O. The number of piperazine rings is 1. The minimum absolute atomic E-state index is 0.0957. The number of anilines is 1. The maximum atomic E-state index is 12.3. The van der Waals surface area contributed by atoms with Gasteiger partial charge in [0.25, 0.3) is 5.91 Å². The lowest BCUT2D eigenvalue weighted by atomic mass is 10.1. The Morgan fingerprint density at radius 1 is 1.33 bits per heavy atom. The van der Waals surface area contributed by atoms with E-state index < -0.39 is 0 Å². The lowest BCUT2D eigenvalue weighted by Crippen LogP contribution is -2.56. The topological polar surface area (TPSA) is 75.3 Å². The van der Waals surface area contributed by atoms with Gasteiger partial charge in [0, 0.05) is 25.2 Å². The smallest absolute Gasteiger partial charge is 0.274 e. The first-order valence-corrected chi connectivity index (χ1v) is 6.07. The van der Waals surface area contributed by atoms with Gasteiger partial charge in [-0.25, -0.2) is 4.98 Å². The van der Waals surface area contributed by atoms with E-state index in [1.165, 1.54) is 12.4 Å². The van der Waals surface area contributed by atoms with Crippen LogP contribution in [-0.4, -0.2) is 57.9 Å². The summed E-state index contributed by atoms with van der Waals surface area (Å²) < 4.78 is 0. The lowest BCUT2D eigenvalue weighted by Gasteiger charge is -2.42. The SMILES string of the molecule is CC1CN(C(=O)c2cncc(N)n2)CC(C)N1C. The highest BCUT2D eigenvalue weighted by molar-refractivity contribution is 5.92. The molecule has 1 amide bonds. The number of nitrogen functional groups attached to an aromatic ring is 1. The van der Waals surface area contributed by atoms with Gasteiger partial charge < -0.3 is 10.6 Å². The van der Waals surface area contributed by atoms with Gasteiger partial charge in [-0.1, -0.05) is 0 Å². The molecule has 6 nitrogen and oxygen atoms in total. The number of nitrogens with two attached hydrogens (primary N) is 1. The summed E-state index contributed by atoms with van der Waals surface area (Å²) in [5.41, 5.74) is 5.87. The average molecular weight is 249 g/mol. The molecule has 1 aromatic rings. The molecule has 98 valence electrons. The second kappa shape index (κ2) is 4.89. The molecule has 0 radical (unpaired) electrons. The molecule has 1 aliphatic rings. The zero-order valence-corrected chi connectivity index (χ0v) is 11.0. The van der Waals surface area contributed by atoms with Crippen molar-refractivity contribution >= 4 is 11.7 Å². The van der Waals surface area contributed by atoms with Crippen LogP contribution < -0.4 is 5.73 Å². The Morgan fingerprint density at radius 3 is 2.50 bits per heavy atom. The van der Waals surface area contributed by atoms with Crippen molar-refractivity contribution < 1.29 is 4.79 Å². The van der Waals surface area contributed by atoms with Crippen LogP contribution >= 0.6 is 0 Å². The summed E-state index contributed by atoms with van der Waals surface area (Å²) in [6.07, 6.45) is 2.90. The summed E-state index contributed by atoms with van der Waals surface area (Å²) in [5.74, 6) is 0.178. The molecule has 1 saturated heterocycles. The van der Waals surface area contributed by atoms with Gasteiger partial charge in [-0.2, -0.15) is 0 Å². The minimum Gasteiger partial charge on any atom is -0.382 e. The number of hydrogen-bond donors (Lipinski definition) is 1. The first-order chi connectivity index (χ1) is 8.49. The molecule has 1 aromatic heterocycles. The molecule has 2 heterocycles. The minimum atomic E-state index is -0.0957. The molecule has 1 fully saturated rings. The van der Waals surface area contributed by atoms with E-state index in [9.17, 15) is 4.79 Å². The Kier molecular flexibility index (Phi) is 3.47. The predicted octanol–water partition coefficient (Wildman–Crippen LogP) is 0.223.